The minimum Gasteiger partial charge on any atom is -0.347 e. The molecule has 130 valence electrons. The molecule has 0 radical (unpaired) electrons. The molecule has 4 N–H and O–H groups in total. The normalized spacial score (nSPS) is 25.4. The van der Waals surface area contributed by atoms with Gasteiger partial charge in [0.05, 0.1) is 18.6 Å². The zero-order valence-corrected chi connectivity index (χ0v) is 13.2. The van der Waals surface area contributed by atoms with Gasteiger partial charge in [0.15, 0.2) is 5.78 Å². The van der Waals surface area contributed by atoms with Crippen LogP contribution in [0.3, 0.4) is 0 Å². The Morgan fingerprint density at radius 1 is 1.48 bits per heavy atom. The quantitative estimate of drug-likeness (QED) is 0.465. The Morgan fingerprint density at radius 2 is 2.13 bits per heavy atom. The first-order chi connectivity index (χ1) is 10.6. The zero-order valence-electron chi connectivity index (χ0n) is 12.3. The van der Waals surface area contributed by atoms with Crippen molar-refractivity contribution in [2.45, 2.75) is 37.9 Å². The summed E-state index contributed by atoms with van der Waals surface area (Å²) >= 11 is 0. The Labute approximate surface area is 132 Å². The van der Waals surface area contributed by atoms with Gasteiger partial charge in [-0.15, -0.1) is 4.28 Å². The summed E-state index contributed by atoms with van der Waals surface area (Å²) in [5.74, 6) is -0.879. The minimum absolute atomic E-state index is 0.0910. The molecule has 0 aromatic carbocycles. The number of nitrogens with one attached hydrogen (secondary N) is 1. The van der Waals surface area contributed by atoms with Crippen molar-refractivity contribution in [2.75, 3.05) is 13.1 Å². The van der Waals surface area contributed by atoms with Crippen molar-refractivity contribution in [3.05, 3.63) is 0 Å². The minimum atomic E-state index is -4.83. The first kappa shape index (κ1) is 17.6. The molecule has 0 unspecified atom stereocenters. The van der Waals surface area contributed by atoms with Crippen LogP contribution in [-0.4, -0.2) is 71.9 Å². The van der Waals surface area contributed by atoms with E-state index in [9.17, 15) is 22.8 Å². The average Bonchev–Trinajstić information content (AvgIpc) is 2.68. The van der Waals surface area contributed by atoms with Crippen molar-refractivity contribution in [1.82, 2.24) is 15.3 Å². The summed E-state index contributed by atoms with van der Waals surface area (Å²) in [4.78, 5) is 36.8. The Kier molecular flexibility index (Phi) is 4.89. The highest BCUT2D eigenvalue weighted by atomic mass is 32.3. The molecule has 0 spiro atoms. The van der Waals surface area contributed by atoms with E-state index in [4.69, 9.17) is 10.3 Å². The molecule has 3 atom stereocenters. The van der Waals surface area contributed by atoms with Gasteiger partial charge in [-0.1, -0.05) is 0 Å². The number of hydrogen-bond donors (Lipinski definition) is 3. The number of Topliss-reactive ketones (excluding diaryl/α,β-unsaturated/α-hetero) is 1. The summed E-state index contributed by atoms with van der Waals surface area (Å²) in [6, 6.07) is -2.95. The number of carbonyl (C=O) groups is 3. The van der Waals surface area contributed by atoms with Crippen LogP contribution < -0.4 is 11.1 Å². The van der Waals surface area contributed by atoms with Gasteiger partial charge in [0, 0.05) is 6.54 Å². The second-order valence-corrected chi connectivity index (χ2v) is 6.49. The van der Waals surface area contributed by atoms with Crippen LogP contribution in [0.1, 0.15) is 19.8 Å². The van der Waals surface area contributed by atoms with E-state index in [2.05, 4.69) is 9.60 Å². The third-order valence-corrected chi connectivity index (χ3v) is 4.09. The first-order valence-electron chi connectivity index (χ1n) is 6.93. The lowest BCUT2D eigenvalue weighted by Crippen LogP contribution is -2.51. The van der Waals surface area contributed by atoms with Crippen LogP contribution in [-0.2, 0) is 24.3 Å². The largest absolute Gasteiger partial charge is 0.418 e. The lowest BCUT2D eigenvalue weighted by atomic mass is 10.0. The summed E-state index contributed by atoms with van der Waals surface area (Å²) in [6.07, 6.45) is 0.594. The molecule has 2 saturated heterocycles. The van der Waals surface area contributed by atoms with Crippen LogP contribution in [0.2, 0.25) is 0 Å². The summed E-state index contributed by atoms with van der Waals surface area (Å²) in [5, 5.41) is 2.96. The SMILES string of the molecule is C[C@H](N)C(=O)CNC(=O)[C@@H]1CC[C@@H]2CN1C(=O)N2OS(=O)(=O)O. The predicted molar refractivity (Wildman–Crippen MR) is 75.1 cm³/mol. The Balaban J connectivity index is 2.01. The van der Waals surface area contributed by atoms with Crippen LogP contribution in [0.15, 0.2) is 0 Å². The summed E-state index contributed by atoms with van der Waals surface area (Å²) in [7, 11) is -4.83. The molecule has 2 aliphatic heterocycles. The number of fused-ring (bicyclic) bond motifs is 2. The fraction of sp³-hybridized carbons (Fsp3) is 0.727. The average molecular weight is 350 g/mol. The Hall–Kier alpha value is -1.76. The van der Waals surface area contributed by atoms with E-state index in [0.29, 0.717) is 11.5 Å². The highest BCUT2D eigenvalue weighted by Gasteiger charge is 2.49. The molecule has 0 aromatic heterocycles. The summed E-state index contributed by atoms with van der Waals surface area (Å²) in [6.45, 7) is 1.34. The number of piperidine rings is 1. The van der Waals surface area contributed by atoms with Gasteiger partial charge in [0.25, 0.3) is 0 Å². The topological polar surface area (TPSA) is 159 Å². The van der Waals surface area contributed by atoms with Gasteiger partial charge in [-0.2, -0.15) is 13.5 Å². The van der Waals surface area contributed by atoms with Crippen LogP contribution in [0.5, 0.6) is 0 Å². The maximum absolute atomic E-state index is 12.1. The number of nitrogens with zero attached hydrogens (tertiary/aromatic N) is 2. The van der Waals surface area contributed by atoms with Gasteiger partial charge < -0.3 is 16.0 Å². The van der Waals surface area contributed by atoms with Crippen LogP contribution >= 0.6 is 0 Å². The van der Waals surface area contributed by atoms with Gasteiger partial charge in [-0.05, 0) is 19.8 Å². The number of hydroxylamine groups is 2. The highest BCUT2D eigenvalue weighted by Crippen LogP contribution is 2.30. The predicted octanol–water partition coefficient (Wildman–Crippen LogP) is -1.98. The van der Waals surface area contributed by atoms with E-state index in [1.54, 1.807) is 0 Å². The maximum atomic E-state index is 12.1. The first-order valence-corrected chi connectivity index (χ1v) is 8.29. The number of ketones is 1. The van der Waals surface area contributed by atoms with Crippen molar-refractivity contribution in [1.29, 1.82) is 0 Å². The monoisotopic (exact) mass is 350 g/mol. The van der Waals surface area contributed by atoms with Crippen LogP contribution in [0.25, 0.3) is 0 Å². The third-order valence-electron chi connectivity index (χ3n) is 3.74. The Bertz CT molecular complexity index is 620. The molecular formula is C11H18N4O7S. The van der Waals surface area contributed by atoms with E-state index < -0.39 is 40.5 Å². The van der Waals surface area contributed by atoms with Gasteiger partial charge in [-0.25, -0.2) is 4.79 Å². The van der Waals surface area contributed by atoms with Crippen LogP contribution in [0, 0.1) is 0 Å². The molecule has 11 nitrogen and oxygen atoms in total. The van der Waals surface area contributed by atoms with Gasteiger partial charge in [0.2, 0.25) is 5.91 Å². The number of hydrogen-bond acceptors (Lipinski definition) is 7. The number of rotatable bonds is 6. The van der Waals surface area contributed by atoms with Crippen molar-refractivity contribution in [3.63, 3.8) is 0 Å². The molecule has 2 aliphatic rings. The van der Waals surface area contributed by atoms with Crippen molar-refractivity contribution in [2.24, 2.45) is 5.73 Å². The van der Waals surface area contributed by atoms with E-state index >= 15 is 0 Å². The number of amides is 3. The number of carbonyl (C=O) groups excluding carboxylic acids is 3. The standard InChI is InChI=1S/C11H18N4O7S/c1-6(12)9(16)4-13-10(17)8-3-2-7-5-14(8)11(18)15(7)22-23(19,20)21/h6-8H,2-5,12H2,1H3,(H,13,17)(H,19,20,21)/t6-,7+,8-/m0/s1. The van der Waals surface area contributed by atoms with Crippen molar-refractivity contribution in [3.8, 4) is 0 Å². The number of urea groups is 1. The van der Waals surface area contributed by atoms with Gasteiger partial charge >= 0.3 is 16.4 Å². The molecule has 2 heterocycles. The molecule has 2 rings (SSSR count). The van der Waals surface area contributed by atoms with Crippen molar-refractivity contribution >= 4 is 28.1 Å². The smallest absolute Gasteiger partial charge is 0.347 e. The zero-order chi connectivity index (χ0) is 17.4. The third kappa shape index (κ3) is 3.96. The molecular weight excluding hydrogens is 332 g/mol. The molecule has 12 heteroatoms. The molecule has 0 aliphatic carbocycles. The number of nitrogens with two attached hydrogens (primary N) is 1. The molecule has 0 aromatic rings. The summed E-state index contributed by atoms with van der Waals surface area (Å²) in [5.41, 5.74) is 5.39. The second-order valence-electron chi connectivity index (χ2n) is 5.48. The molecule has 23 heavy (non-hydrogen) atoms. The molecule has 2 fully saturated rings. The van der Waals surface area contributed by atoms with Crippen molar-refractivity contribution < 1.29 is 31.6 Å². The fourth-order valence-corrected chi connectivity index (χ4v) is 2.95. The van der Waals surface area contributed by atoms with E-state index in [-0.39, 0.29) is 25.3 Å². The summed E-state index contributed by atoms with van der Waals surface area (Å²) < 4.78 is 34.5. The fourth-order valence-electron chi connectivity index (χ4n) is 2.56. The molecule has 3 amide bonds. The van der Waals surface area contributed by atoms with Gasteiger partial charge in [-0.3, -0.25) is 14.1 Å². The maximum Gasteiger partial charge on any atom is 0.418 e. The van der Waals surface area contributed by atoms with E-state index in [1.807, 2.05) is 0 Å². The van der Waals surface area contributed by atoms with E-state index in [1.165, 1.54) is 6.92 Å². The van der Waals surface area contributed by atoms with Gasteiger partial charge in [0.1, 0.15) is 6.04 Å². The highest BCUT2D eigenvalue weighted by molar-refractivity contribution is 7.80. The molecule has 0 saturated carbocycles. The van der Waals surface area contributed by atoms with E-state index in [0.717, 1.165) is 4.90 Å². The van der Waals surface area contributed by atoms with Crippen LogP contribution in [0.4, 0.5) is 4.79 Å². The molecule has 2 bridgehead atoms. The second kappa shape index (κ2) is 6.39. The Morgan fingerprint density at radius 3 is 2.70 bits per heavy atom. The lowest BCUT2D eigenvalue weighted by molar-refractivity contribution is -0.128. The lowest BCUT2D eigenvalue weighted by Gasteiger charge is -2.29.